The van der Waals surface area contributed by atoms with Crippen LogP contribution in [0, 0.1) is 0 Å². The quantitative estimate of drug-likeness (QED) is 0.421. The van der Waals surface area contributed by atoms with E-state index in [1.54, 1.807) is 0 Å². The molecule has 3 nitrogen and oxygen atoms in total. The van der Waals surface area contributed by atoms with E-state index in [1.165, 1.54) is 0 Å². The molecule has 0 aromatic rings. The summed E-state index contributed by atoms with van der Waals surface area (Å²) < 4.78 is 20.5. The zero-order valence-electron chi connectivity index (χ0n) is 18.2. The van der Waals surface area contributed by atoms with E-state index in [1.807, 2.05) is 6.92 Å². The normalized spacial score (nSPS) is 26.8. The first-order valence-corrected chi connectivity index (χ1v) is 16.5. The molecule has 0 bridgehead atoms. The Labute approximate surface area is 153 Å². The van der Waals surface area contributed by atoms with Gasteiger partial charge in [-0.15, -0.1) is 0 Å². The molecule has 0 aliphatic carbocycles. The Morgan fingerprint density at radius 3 is 1.79 bits per heavy atom. The van der Waals surface area contributed by atoms with Crippen LogP contribution in [-0.2, 0) is 0 Å². The molecule has 0 fully saturated rings. The fourth-order valence-electron chi connectivity index (χ4n) is 4.10. The monoisotopic (exact) mass is 391 g/mol. The van der Waals surface area contributed by atoms with E-state index >= 15 is 4.20 Å². The van der Waals surface area contributed by atoms with Crippen LogP contribution in [0.3, 0.4) is 0 Å². The molecule has 7 heteroatoms. The molecule has 0 amide bonds. The largest absolute Gasteiger partial charge is 0.318 e. The highest BCUT2D eigenvalue weighted by Gasteiger charge is 2.64. The van der Waals surface area contributed by atoms with Gasteiger partial charge in [-0.25, -0.2) is 4.20 Å². The third-order valence-corrected chi connectivity index (χ3v) is 18.2. The summed E-state index contributed by atoms with van der Waals surface area (Å²) in [4.78, 5) is 0. The number of rotatable bonds is 3. The van der Waals surface area contributed by atoms with Gasteiger partial charge < -0.3 is 4.67 Å². The predicted octanol–water partition coefficient (Wildman–Crippen LogP) is 6.20. The van der Waals surface area contributed by atoms with Crippen LogP contribution in [0.25, 0.3) is 0 Å². The lowest BCUT2D eigenvalue weighted by Gasteiger charge is -2.54. The maximum absolute atomic E-state index is 16.4. The summed E-state index contributed by atoms with van der Waals surface area (Å²) in [5.41, 5.74) is 0.736. The lowest BCUT2D eigenvalue weighted by molar-refractivity contribution is 0.254. The minimum Gasteiger partial charge on any atom is -0.318 e. The summed E-state index contributed by atoms with van der Waals surface area (Å²) >= 11 is 0. The van der Waals surface area contributed by atoms with Crippen molar-refractivity contribution in [3.8, 4) is 0 Å². The second kappa shape index (κ2) is 6.14. The molecule has 142 valence electrons. The molecule has 2 atom stereocenters. The molecular formula is C17H39FN3PSi2. The Bertz CT molecular complexity index is 503. The molecule has 2 unspecified atom stereocenters. The molecule has 0 saturated carbocycles. The molecule has 1 aliphatic heterocycles. The Kier molecular flexibility index (Phi) is 5.70. The van der Waals surface area contributed by atoms with Gasteiger partial charge in [0.25, 0.3) is 0 Å². The molecule has 0 saturated heterocycles. The van der Waals surface area contributed by atoms with E-state index in [2.05, 4.69) is 90.2 Å². The van der Waals surface area contributed by atoms with E-state index in [4.69, 9.17) is 5.10 Å². The van der Waals surface area contributed by atoms with E-state index in [-0.39, 0.29) is 11.1 Å². The van der Waals surface area contributed by atoms with Gasteiger partial charge in [0, 0.05) is 16.8 Å². The van der Waals surface area contributed by atoms with Crippen molar-refractivity contribution in [1.29, 1.82) is 0 Å². The zero-order valence-corrected chi connectivity index (χ0v) is 21.1. The van der Waals surface area contributed by atoms with Crippen molar-refractivity contribution in [2.24, 2.45) is 5.10 Å². The van der Waals surface area contributed by atoms with Crippen molar-refractivity contribution >= 4 is 30.6 Å². The summed E-state index contributed by atoms with van der Waals surface area (Å²) in [6.07, 6.45) is 0. The number of hydrogen-bond acceptors (Lipinski definition) is 3. The lowest BCUT2D eigenvalue weighted by atomic mass is 10.1. The summed E-state index contributed by atoms with van der Waals surface area (Å²) in [7, 11) is -5.79. The number of nitrogens with zero attached hydrogens (tertiary/aromatic N) is 3. The van der Waals surface area contributed by atoms with Gasteiger partial charge in [0.2, 0.25) is 0 Å². The highest BCUT2D eigenvalue weighted by molar-refractivity contribution is 7.59. The molecule has 0 radical (unpaired) electrons. The van der Waals surface area contributed by atoms with Gasteiger partial charge in [-0.1, -0.05) is 19.6 Å². The molecule has 1 rings (SSSR count). The van der Waals surface area contributed by atoms with E-state index in [0.717, 1.165) is 5.71 Å². The first-order valence-electron chi connectivity index (χ1n) is 8.91. The van der Waals surface area contributed by atoms with Crippen LogP contribution in [0.4, 0.5) is 4.20 Å². The van der Waals surface area contributed by atoms with Gasteiger partial charge in [0.05, 0.1) is 4.78 Å². The van der Waals surface area contributed by atoms with Gasteiger partial charge in [-0.3, -0.25) is 4.34 Å². The van der Waals surface area contributed by atoms with Crippen molar-refractivity contribution in [3.05, 3.63) is 0 Å². The average molecular weight is 392 g/mol. The van der Waals surface area contributed by atoms with Crippen LogP contribution in [-0.4, -0.2) is 47.1 Å². The molecule has 0 aromatic heterocycles. The standard InChI is InChI=1S/C17H39FN3PSi2/c1-14-17(8,24(12,13)20(19-14)15(2,3)4)22(18)21(16(5,6)7)23(9,10)11/h1-13H3. The van der Waals surface area contributed by atoms with Crippen molar-refractivity contribution in [3.63, 3.8) is 0 Å². The molecule has 0 N–H and O–H groups in total. The molecule has 1 heterocycles. The zero-order chi connectivity index (χ0) is 19.5. The molecule has 24 heavy (non-hydrogen) atoms. The van der Waals surface area contributed by atoms with Crippen molar-refractivity contribution in [2.75, 3.05) is 0 Å². The van der Waals surface area contributed by atoms with Crippen LogP contribution in [0.2, 0.25) is 32.7 Å². The Balaban J connectivity index is 3.50. The third kappa shape index (κ3) is 3.53. The van der Waals surface area contributed by atoms with Gasteiger partial charge in [-0.2, -0.15) is 5.10 Å². The van der Waals surface area contributed by atoms with Gasteiger partial charge in [-0.05, 0) is 68.5 Å². The highest BCUT2D eigenvalue weighted by atomic mass is 31.2. The van der Waals surface area contributed by atoms with E-state index in [9.17, 15) is 0 Å². The summed E-state index contributed by atoms with van der Waals surface area (Å²) in [6, 6.07) is 0. The van der Waals surface area contributed by atoms with E-state index < -0.39 is 29.6 Å². The first-order chi connectivity index (χ1) is 10.3. The molecule has 1 aliphatic rings. The van der Waals surface area contributed by atoms with Gasteiger partial charge in [0.1, 0.15) is 8.24 Å². The third-order valence-electron chi connectivity index (χ3n) is 5.13. The Morgan fingerprint density at radius 1 is 1.12 bits per heavy atom. The number of halogens is 1. The molecular weight excluding hydrogens is 352 g/mol. The minimum absolute atomic E-state index is 0.0728. The van der Waals surface area contributed by atoms with Crippen LogP contribution >= 0.6 is 8.38 Å². The summed E-state index contributed by atoms with van der Waals surface area (Å²) in [5.74, 6) is 0. The topological polar surface area (TPSA) is 18.8 Å². The number of hydrazone groups is 1. The van der Waals surface area contributed by atoms with Crippen LogP contribution in [0.1, 0.15) is 55.4 Å². The average Bonchev–Trinajstić information content (AvgIpc) is 2.46. The second-order valence-corrected chi connectivity index (χ2v) is 22.7. The van der Waals surface area contributed by atoms with E-state index in [0.29, 0.717) is 0 Å². The lowest BCUT2D eigenvalue weighted by Crippen LogP contribution is -2.66. The fraction of sp³-hybridized carbons (Fsp3) is 0.941. The fourth-order valence-corrected chi connectivity index (χ4v) is 16.2. The van der Waals surface area contributed by atoms with Gasteiger partial charge in [0.15, 0.2) is 16.6 Å². The highest BCUT2D eigenvalue weighted by Crippen LogP contribution is 2.65. The molecule has 0 aromatic carbocycles. The predicted molar refractivity (Wildman–Crippen MR) is 114 cm³/mol. The van der Waals surface area contributed by atoms with Crippen LogP contribution < -0.4 is 0 Å². The maximum atomic E-state index is 16.4. The SMILES string of the molecule is CC1=NN(C(C)(C)C)[Si](C)(C)C1(C)P(F)N(C(C)(C)C)[Si](C)(C)C. The first kappa shape index (κ1) is 22.3. The van der Waals surface area contributed by atoms with Crippen LogP contribution in [0.15, 0.2) is 5.10 Å². The van der Waals surface area contributed by atoms with Crippen LogP contribution in [0.5, 0.6) is 0 Å². The Morgan fingerprint density at radius 2 is 1.54 bits per heavy atom. The Hall–Kier alpha value is 0.224. The minimum atomic E-state index is -2.14. The summed E-state index contributed by atoms with van der Waals surface area (Å²) in [6.45, 7) is 28.6. The van der Waals surface area contributed by atoms with Crippen molar-refractivity contribution < 1.29 is 4.20 Å². The van der Waals surface area contributed by atoms with Crippen molar-refractivity contribution in [2.45, 2.75) is 104 Å². The van der Waals surface area contributed by atoms with Crippen molar-refractivity contribution in [1.82, 2.24) is 9.01 Å². The van der Waals surface area contributed by atoms with Gasteiger partial charge >= 0.3 is 0 Å². The smallest absolute Gasteiger partial charge is 0.192 e. The number of hydrogen-bond donors (Lipinski definition) is 0. The summed E-state index contributed by atoms with van der Waals surface area (Å²) in [5, 5.41) is 4.91. The second-order valence-electron chi connectivity index (χ2n) is 10.7. The molecule has 0 spiro atoms. The maximum Gasteiger partial charge on any atom is 0.192 e.